The maximum atomic E-state index is 13.2. The fraction of sp³-hybridized carbons (Fsp3) is 0.429. The van der Waals surface area contributed by atoms with Gasteiger partial charge >= 0.3 is 0 Å². The number of nitrogens with zero attached hydrogens (tertiary/aromatic N) is 2. The maximum absolute atomic E-state index is 13.2. The van der Waals surface area contributed by atoms with Crippen molar-refractivity contribution in [3.8, 4) is 0 Å². The van der Waals surface area contributed by atoms with Crippen molar-refractivity contribution in [1.82, 2.24) is 4.90 Å². The van der Waals surface area contributed by atoms with Crippen molar-refractivity contribution in [1.29, 1.82) is 0 Å². The average molecular weight is 389 g/mol. The maximum Gasteiger partial charge on any atom is 0.206 e. The van der Waals surface area contributed by atoms with E-state index in [1.165, 1.54) is 24.3 Å². The number of likely N-dealkylation sites (N-methyl/N-ethyl adjacent to an activating group) is 1. The largest absolute Gasteiger partial charge is 0.371 e. The lowest BCUT2D eigenvalue weighted by Crippen LogP contribution is -2.31. The van der Waals surface area contributed by atoms with E-state index in [0.717, 1.165) is 43.7 Å². The lowest BCUT2D eigenvalue weighted by atomic mass is 9.91. The second-order valence-electron chi connectivity index (χ2n) is 7.47. The summed E-state index contributed by atoms with van der Waals surface area (Å²) in [5.74, 6) is -0.0868. The fourth-order valence-electron chi connectivity index (χ4n) is 4.53. The van der Waals surface area contributed by atoms with Gasteiger partial charge in [-0.15, -0.1) is 0 Å². The lowest BCUT2D eigenvalue weighted by Gasteiger charge is -2.25. The first-order valence-corrected chi connectivity index (χ1v) is 11.0. The summed E-state index contributed by atoms with van der Waals surface area (Å²) in [6.07, 6.45) is 2.12. The Bertz CT molecular complexity index is 943. The molecule has 1 saturated heterocycles. The Balaban J connectivity index is 1.72. The topological polar surface area (TPSA) is 40.6 Å². The van der Waals surface area contributed by atoms with E-state index in [9.17, 15) is 12.8 Å². The van der Waals surface area contributed by atoms with E-state index >= 15 is 0 Å². The van der Waals surface area contributed by atoms with Crippen LogP contribution in [0.3, 0.4) is 0 Å². The van der Waals surface area contributed by atoms with E-state index in [0.29, 0.717) is 16.9 Å². The van der Waals surface area contributed by atoms with E-state index < -0.39 is 15.7 Å². The normalized spacial score (nSPS) is 23.0. The van der Waals surface area contributed by atoms with Crippen LogP contribution in [-0.2, 0) is 9.84 Å². The number of likely N-dealkylation sites (tertiary alicyclic amines) is 1. The Labute approximate surface area is 160 Å². The number of halogens is 1. The van der Waals surface area contributed by atoms with Crippen LogP contribution in [0.25, 0.3) is 0 Å². The third kappa shape index (κ3) is 3.15. The van der Waals surface area contributed by atoms with Crippen LogP contribution >= 0.6 is 0 Å². The third-order valence-corrected chi connectivity index (χ3v) is 7.89. The van der Waals surface area contributed by atoms with Gasteiger partial charge in [0.1, 0.15) is 5.82 Å². The zero-order chi connectivity index (χ0) is 19.2. The van der Waals surface area contributed by atoms with Crippen molar-refractivity contribution in [2.75, 3.05) is 31.6 Å². The van der Waals surface area contributed by atoms with Gasteiger partial charge in [0.15, 0.2) is 0 Å². The molecule has 0 aromatic heterocycles. The van der Waals surface area contributed by atoms with E-state index in [1.807, 2.05) is 12.1 Å². The summed E-state index contributed by atoms with van der Waals surface area (Å²) in [5.41, 5.74) is 2.26. The number of benzene rings is 2. The van der Waals surface area contributed by atoms with Crippen molar-refractivity contribution >= 4 is 15.5 Å². The number of hydrogen-bond donors (Lipinski definition) is 0. The molecule has 2 aromatic carbocycles. The number of anilines is 1. The van der Waals surface area contributed by atoms with Crippen LogP contribution in [0.5, 0.6) is 0 Å². The molecule has 0 saturated carbocycles. The molecule has 144 valence electrons. The Morgan fingerprint density at radius 1 is 1.04 bits per heavy atom. The van der Waals surface area contributed by atoms with Crippen LogP contribution in [0.2, 0.25) is 0 Å². The first kappa shape index (κ1) is 18.4. The second-order valence-corrected chi connectivity index (χ2v) is 9.42. The molecule has 1 fully saturated rings. The van der Waals surface area contributed by atoms with Crippen molar-refractivity contribution in [3.05, 3.63) is 53.8 Å². The molecule has 27 heavy (non-hydrogen) atoms. The number of fused-ring (bicyclic) bond motifs is 3. The van der Waals surface area contributed by atoms with Crippen LogP contribution in [-0.4, -0.2) is 46.0 Å². The highest BCUT2D eigenvalue weighted by Crippen LogP contribution is 2.45. The number of sulfone groups is 1. The molecule has 0 unspecified atom stereocenters. The summed E-state index contributed by atoms with van der Waals surface area (Å²) < 4.78 is 39.2. The molecule has 4 nitrogen and oxygen atoms in total. The van der Waals surface area contributed by atoms with Gasteiger partial charge in [-0.1, -0.05) is 6.92 Å². The standard InChI is InChI=1S/C21H25FN2O2S/c1-3-24-12-10-18-19-14-17(8-9-20(19)23(2)21(18)11-13-24)27(25,26)16-6-4-15(22)5-7-16/h4-9,14,18,21H,3,10-13H2,1-2H3/t18-,21+/m1/s1. The highest BCUT2D eigenvalue weighted by Gasteiger charge is 2.38. The van der Waals surface area contributed by atoms with E-state index in [4.69, 9.17) is 0 Å². The van der Waals surface area contributed by atoms with Gasteiger partial charge in [-0.05, 0) is 74.0 Å². The first-order chi connectivity index (χ1) is 12.9. The quantitative estimate of drug-likeness (QED) is 0.752. The van der Waals surface area contributed by atoms with Crippen molar-refractivity contribution < 1.29 is 12.8 Å². The molecule has 0 N–H and O–H groups in total. The third-order valence-electron chi connectivity index (χ3n) is 6.12. The molecular weight excluding hydrogens is 363 g/mol. The van der Waals surface area contributed by atoms with Gasteiger partial charge < -0.3 is 9.80 Å². The Hall–Kier alpha value is -1.92. The molecule has 2 aromatic rings. The molecule has 0 aliphatic carbocycles. The average Bonchev–Trinajstić information content (AvgIpc) is 2.82. The van der Waals surface area contributed by atoms with Gasteiger partial charge in [0.05, 0.1) is 9.79 Å². The van der Waals surface area contributed by atoms with Crippen LogP contribution in [0.1, 0.15) is 31.2 Å². The van der Waals surface area contributed by atoms with Gasteiger partial charge in [0.2, 0.25) is 9.84 Å². The monoisotopic (exact) mass is 388 g/mol. The Morgan fingerprint density at radius 2 is 1.70 bits per heavy atom. The summed E-state index contributed by atoms with van der Waals surface area (Å²) in [6.45, 7) is 5.36. The molecule has 2 atom stereocenters. The minimum absolute atomic E-state index is 0.129. The Kier molecular flexibility index (Phi) is 4.72. The molecule has 0 radical (unpaired) electrons. The van der Waals surface area contributed by atoms with E-state index in [2.05, 4.69) is 23.8 Å². The zero-order valence-electron chi connectivity index (χ0n) is 15.7. The van der Waals surface area contributed by atoms with Gasteiger partial charge in [-0.2, -0.15) is 0 Å². The predicted octanol–water partition coefficient (Wildman–Crippen LogP) is 3.68. The minimum atomic E-state index is -3.65. The molecule has 0 amide bonds. The number of hydrogen-bond acceptors (Lipinski definition) is 4. The molecule has 0 spiro atoms. The molecule has 0 bridgehead atoms. The molecule has 2 heterocycles. The molecule has 6 heteroatoms. The highest BCUT2D eigenvalue weighted by molar-refractivity contribution is 7.91. The lowest BCUT2D eigenvalue weighted by molar-refractivity contribution is 0.298. The van der Waals surface area contributed by atoms with Gasteiger partial charge in [0.25, 0.3) is 0 Å². The van der Waals surface area contributed by atoms with Crippen LogP contribution in [0, 0.1) is 5.82 Å². The fourth-order valence-corrected chi connectivity index (χ4v) is 5.83. The summed E-state index contributed by atoms with van der Waals surface area (Å²) in [4.78, 5) is 5.20. The summed E-state index contributed by atoms with van der Waals surface area (Å²) >= 11 is 0. The van der Waals surface area contributed by atoms with Crippen molar-refractivity contribution in [2.45, 2.75) is 41.5 Å². The Morgan fingerprint density at radius 3 is 2.41 bits per heavy atom. The SMILES string of the molecule is CCN1CC[C@@H]2c3cc(S(=O)(=O)c4ccc(F)cc4)ccc3N(C)[C@H]2CC1. The van der Waals surface area contributed by atoms with E-state index in [-0.39, 0.29) is 4.90 Å². The predicted molar refractivity (Wildman–Crippen MR) is 105 cm³/mol. The van der Waals surface area contributed by atoms with Gasteiger partial charge in [-0.3, -0.25) is 0 Å². The zero-order valence-corrected chi connectivity index (χ0v) is 16.5. The summed E-state index contributed by atoms with van der Waals surface area (Å²) in [5, 5.41) is 0. The highest BCUT2D eigenvalue weighted by atomic mass is 32.2. The number of rotatable bonds is 3. The molecule has 2 aliphatic heterocycles. The molecular formula is C21H25FN2O2S. The minimum Gasteiger partial charge on any atom is -0.371 e. The molecule has 2 aliphatic rings. The summed E-state index contributed by atoms with van der Waals surface area (Å²) in [7, 11) is -1.54. The van der Waals surface area contributed by atoms with Crippen LogP contribution in [0.15, 0.2) is 52.3 Å². The first-order valence-electron chi connectivity index (χ1n) is 9.51. The van der Waals surface area contributed by atoms with Gasteiger partial charge in [-0.25, -0.2) is 12.8 Å². The molecule has 4 rings (SSSR count). The van der Waals surface area contributed by atoms with Crippen LogP contribution in [0.4, 0.5) is 10.1 Å². The van der Waals surface area contributed by atoms with Crippen molar-refractivity contribution in [2.24, 2.45) is 0 Å². The van der Waals surface area contributed by atoms with Crippen molar-refractivity contribution in [3.63, 3.8) is 0 Å². The van der Waals surface area contributed by atoms with Gasteiger partial charge in [0, 0.05) is 31.2 Å². The van der Waals surface area contributed by atoms with E-state index in [1.54, 1.807) is 6.07 Å². The smallest absolute Gasteiger partial charge is 0.206 e. The summed E-state index contributed by atoms with van der Waals surface area (Å²) in [6, 6.07) is 10.9. The van der Waals surface area contributed by atoms with Crippen LogP contribution < -0.4 is 4.90 Å². The second kappa shape index (κ2) is 6.91.